The molecule has 1 fully saturated rings. The quantitative estimate of drug-likeness (QED) is 0.0361. The molecule has 646 valence electrons. The van der Waals surface area contributed by atoms with E-state index >= 15 is 4.79 Å². The summed E-state index contributed by atoms with van der Waals surface area (Å²) in [6, 6.07) is 10.7. The Morgan fingerprint density at radius 2 is 0.647 bits per heavy atom. The van der Waals surface area contributed by atoms with Crippen molar-refractivity contribution < 1.29 is 67.4 Å². The smallest absolute Gasteiger partial charge is 0.326 e. The van der Waals surface area contributed by atoms with Crippen LogP contribution in [-0.2, 0) is 81.6 Å². The normalized spacial score (nSPS) is 15.9. The van der Waals surface area contributed by atoms with E-state index in [1.807, 2.05) is 55.4 Å². The Morgan fingerprint density at radius 1 is 0.353 bits per heavy atom. The van der Waals surface area contributed by atoms with Gasteiger partial charge < -0.3 is 97.2 Å². The van der Waals surface area contributed by atoms with Crippen molar-refractivity contribution in [3.8, 4) is 0 Å². The first-order valence-electron chi connectivity index (χ1n) is 41.8. The largest absolute Gasteiger partial charge is 0.480 e. The van der Waals surface area contributed by atoms with Gasteiger partial charge in [-0.25, -0.2) is 4.79 Å². The average Bonchev–Trinajstić information content (AvgIpc) is 1.59. The Hall–Kier alpha value is -9.43. The maximum Gasteiger partial charge on any atom is 0.326 e. The van der Waals surface area contributed by atoms with Gasteiger partial charge in [0, 0.05) is 25.8 Å². The number of unbranched alkanes of at least 4 members (excludes halogenated alkanes) is 4. The van der Waals surface area contributed by atoms with E-state index in [9.17, 15) is 62.6 Å². The molecule has 3 aromatic carbocycles. The van der Waals surface area contributed by atoms with Crippen LogP contribution in [0.3, 0.4) is 0 Å². The van der Waals surface area contributed by atoms with Crippen molar-refractivity contribution in [1.29, 1.82) is 0 Å². The van der Waals surface area contributed by atoms with Crippen LogP contribution in [0.2, 0.25) is 0 Å². The first-order chi connectivity index (χ1) is 55.2. The number of hydrogen-bond donors (Lipinski definition) is 17. The van der Waals surface area contributed by atoms with Crippen LogP contribution in [0, 0.1) is 29.6 Å². The monoisotopic (exact) mass is 1620 g/mol. The lowest BCUT2D eigenvalue weighted by Gasteiger charge is -2.32. The van der Waals surface area contributed by atoms with Gasteiger partial charge in [0.25, 0.3) is 0 Å². The lowest BCUT2D eigenvalue weighted by Crippen LogP contribution is -2.61. The predicted molar refractivity (Wildman–Crippen MR) is 446 cm³/mol. The molecule has 0 aliphatic carbocycles. The van der Waals surface area contributed by atoms with Crippen molar-refractivity contribution in [2.45, 2.75) is 283 Å². The Bertz CT molecular complexity index is 3560. The number of carboxylic acids is 1. The van der Waals surface area contributed by atoms with Crippen LogP contribution in [-0.4, -0.2) is 198 Å². The number of carbonyl (C=O) groups excluding carboxylic acids is 12. The molecule has 12 amide bonds. The van der Waals surface area contributed by atoms with Crippen LogP contribution in [0.15, 0.2) is 91.0 Å². The van der Waals surface area contributed by atoms with E-state index in [2.05, 4.69) is 58.5 Å². The van der Waals surface area contributed by atoms with Gasteiger partial charge in [-0.15, -0.1) is 0 Å². The molecule has 1 saturated heterocycles. The number of carboxylic acid groups (broad SMARTS) is 1. The summed E-state index contributed by atoms with van der Waals surface area (Å²) in [7, 11) is 0. The number of hydrogen-bond acceptors (Lipinski definition) is 18. The van der Waals surface area contributed by atoms with Crippen LogP contribution in [0.5, 0.6) is 0 Å². The molecule has 0 spiro atoms. The van der Waals surface area contributed by atoms with Gasteiger partial charge in [-0.1, -0.05) is 167 Å². The Balaban J connectivity index is 1.58. The van der Waals surface area contributed by atoms with Gasteiger partial charge in [-0.3, -0.25) is 57.5 Å². The standard InChI is InChI=1S/C85H137N17O14/c1-52(2)45-64(94-76(106)63(38-23-27-43-89)93-75(105)62(37-22-26-42-88)92-74(104)61(36-21-25-41-87)91-73(103)60(90)35-20-24-40-86)77(107)95-65(46-53(3)4)78(108)99-69(48-55(7)8)84(114)102-44-28-39-71(102)82(112)97-67(49-57-29-14-11-15-30-57)79(109)96-66(47-54(5)6)81(111)101-72(56(9)10)83(113)98-68(50-58-31-16-12-17-32-58)80(110)100-70(85(115)116)51-59-33-18-13-19-34-59/h11-19,29-34,52-56,60-72H,20-28,35-51,86-90H2,1-10H3,(H,91,103)(H,92,104)(H,93,105)(H,94,106)(H,95,107)(H,96,109)(H,97,112)(H,98,113)(H,99,108)(H,100,110)(H,101,111)(H,115,116)/t60-,61-,62-,63-,64-,65-,66-,67-,68-,69-,70-,71-,72-/m0/s1. The zero-order valence-electron chi connectivity index (χ0n) is 70.0. The zero-order valence-corrected chi connectivity index (χ0v) is 70.0. The Kier molecular flexibility index (Phi) is 45.2. The highest BCUT2D eigenvalue weighted by Crippen LogP contribution is 2.23. The first kappa shape index (κ1) is 98.9. The Labute approximate surface area is 685 Å². The summed E-state index contributed by atoms with van der Waals surface area (Å²) in [6.07, 6.45) is 5.66. The molecule has 31 heteroatoms. The molecule has 0 aromatic heterocycles. The van der Waals surface area contributed by atoms with E-state index in [0.717, 1.165) is 0 Å². The van der Waals surface area contributed by atoms with Crippen molar-refractivity contribution in [3.05, 3.63) is 108 Å². The number of nitrogens with zero attached hydrogens (tertiary/aromatic N) is 1. The maximum atomic E-state index is 15.2. The molecule has 31 nitrogen and oxygen atoms in total. The third kappa shape index (κ3) is 36.0. The molecule has 0 bridgehead atoms. The molecule has 0 unspecified atom stereocenters. The third-order valence-corrected chi connectivity index (χ3v) is 20.2. The van der Waals surface area contributed by atoms with Crippen molar-refractivity contribution in [2.75, 3.05) is 32.7 Å². The topological polar surface area (TPSA) is 508 Å². The molecule has 0 radical (unpaired) electrons. The van der Waals surface area contributed by atoms with E-state index in [1.54, 1.807) is 105 Å². The molecule has 1 aliphatic heterocycles. The molecule has 1 aliphatic rings. The van der Waals surface area contributed by atoms with Crippen LogP contribution < -0.4 is 87.2 Å². The van der Waals surface area contributed by atoms with Crippen molar-refractivity contribution in [3.63, 3.8) is 0 Å². The van der Waals surface area contributed by atoms with Crippen molar-refractivity contribution >= 4 is 76.9 Å². The average molecular weight is 1620 g/mol. The van der Waals surface area contributed by atoms with Crippen molar-refractivity contribution in [2.24, 2.45) is 58.3 Å². The summed E-state index contributed by atoms with van der Waals surface area (Å²) in [6.45, 7) is 19.6. The first-order valence-corrected chi connectivity index (χ1v) is 41.8. The minimum Gasteiger partial charge on any atom is -0.480 e. The number of likely N-dealkylation sites (tertiary alicyclic amines) is 1. The number of aliphatic carboxylic acids is 1. The van der Waals surface area contributed by atoms with Gasteiger partial charge in [-0.2, -0.15) is 0 Å². The number of rotatable bonds is 55. The minimum atomic E-state index is -1.35. The van der Waals surface area contributed by atoms with E-state index in [-0.39, 0.29) is 107 Å². The van der Waals surface area contributed by atoms with E-state index in [1.165, 1.54) is 4.90 Å². The number of nitrogens with two attached hydrogens (primary N) is 5. The second kappa shape index (κ2) is 53.0. The van der Waals surface area contributed by atoms with Gasteiger partial charge in [0.05, 0.1) is 6.04 Å². The maximum absolute atomic E-state index is 15.2. The molecular formula is C85H137N17O14. The second-order valence-electron chi connectivity index (χ2n) is 32.7. The predicted octanol–water partition coefficient (Wildman–Crippen LogP) is 2.81. The molecule has 3 aromatic rings. The van der Waals surface area contributed by atoms with Crippen molar-refractivity contribution in [1.82, 2.24) is 63.4 Å². The number of nitrogens with one attached hydrogen (secondary N) is 11. The molecule has 22 N–H and O–H groups in total. The highest BCUT2D eigenvalue weighted by Gasteiger charge is 2.42. The van der Waals surface area contributed by atoms with E-state index in [4.69, 9.17) is 28.7 Å². The summed E-state index contributed by atoms with van der Waals surface area (Å²) in [5.74, 6) is -10.9. The number of carbonyl (C=O) groups is 13. The molecule has 13 atom stereocenters. The second-order valence-corrected chi connectivity index (χ2v) is 32.7. The van der Waals surface area contributed by atoms with Crippen LogP contribution in [0.1, 0.15) is 202 Å². The van der Waals surface area contributed by atoms with Crippen LogP contribution in [0.4, 0.5) is 0 Å². The molecule has 4 rings (SSSR count). The van der Waals surface area contributed by atoms with Gasteiger partial charge in [0.2, 0.25) is 70.9 Å². The van der Waals surface area contributed by atoms with Gasteiger partial charge in [-0.05, 0) is 182 Å². The summed E-state index contributed by atoms with van der Waals surface area (Å²) in [4.78, 5) is 189. The van der Waals surface area contributed by atoms with E-state index < -0.39 is 161 Å². The lowest BCUT2D eigenvalue weighted by molar-refractivity contribution is -0.143. The highest BCUT2D eigenvalue weighted by atomic mass is 16.4. The fourth-order valence-corrected chi connectivity index (χ4v) is 13.9. The third-order valence-electron chi connectivity index (χ3n) is 20.2. The molecule has 0 saturated carbocycles. The lowest BCUT2D eigenvalue weighted by atomic mass is 9.98. The Morgan fingerprint density at radius 3 is 1.01 bits per heavy atom. The SMILES string of the molecule is CC(C)C[C@H](NC(=O)[C@H](CCCCN)NC(=O)[C@H](CCCCN)NC(=O)[C@H](CCCCN)NC(=O)[C@@H](N)CCCCN)C(=O)N[C@@H](CC(C)C)C(=O)N[C@@H](CC(C)C)C(=O)N1CCC[C@H]1C(=O)N[C@@H](Cc1ccccc1)C(=O)N[C@@H](CC(C)C)C(=O)N[C@H](C(=O)N[C@@H](Cc1ccccc1)C(=O)N[C@@H](Cc1ccccc1)C(=O)O)C(C)C. The van der Waals surface area contributed by atoms with Gasteiger partial charge in [0.1, 0.15) is 72.5 Å². The molecule has 1 heterocycles. The fourth-order valence-electron chi connectivity index (χ4n) is 13.9. The fraction of sp³-hybridized carbons (Fsp3) is 0.635. The number of amides is 12. The molecule has 116 heavy (non-hydrogen) atoms. The van der Waals surface area contributed by atoms with Gasteiger partial charge in [0.15, 0.2) is 0 Å². The van der Waals surface area contributed by atoms with Gasteiger partial charge >= 0.3 is 5.97 Å². The minimum absolute atomic E-state index is 0.0298. The van der Waals surface area contributed by atoms with Crippen LogP contribution >= 0.6 is 0 Å². The summed E-state index contributed by atoms with van der Waals surface area (Å²) < 4.78 is 0. The van der Waals surface area contributed by atoms with E-state index in [0.29, 0.717) is 101 Å². The summed E-state index contributed by atoms with van der Waals surface area (Å²) in [5, 5.41) is 41.2. The molecular weight excluding hydrogens is 1480 g/mol. The summed E-state index contributed by atoms with van der Waals surface area (Å²) >= 11 is 0. The number of benzene rings is 3. The zero-order chi connectivity index (χ0) is 86.0. The van der Waals surface area contributed by atoms with Crippen LogP contribution in [0.25, 0.3) is 0 Å². The highest BCUT2D eigenvalue weighted by molar-refractivity contribution is 6.00. The summed E-state index contributed by atoms with van der Waals surface area (Å²) in [5.41, 5.74) is 31.4.